The van der Waals surface area contributed by atoms with Crippen LogP contribution < -0.4 is 0 Å². The van der Waals surface area contributed by atoms with E-state index < -0.39 is 5.83 Å². The lowest BCUT2D eigenvalue weighted by molar-refractivity contribution is 0.0162. The summed E-state index contributed by atoms with van der Waals surface area (Å²) in [4.78, 5) is 12.2. The number of benzene rings is 1. The molecular weight excluding hydrogens is 305 g/mol. The van der Waals surface area contributed by atoms with Crippen molar-refractivity contribution < 1.29 is 13.9 Å². The van der Waals surface area contributed by atoms with Gasteiger partial charge in [0.1, 0.15) is 12.2 Å². The van der Waals surface area contributed by atoms with Gasteiger partial charge in [0, 0.05) is 0 Å². The van der Waals surface area contributed by atoms with Crippen LogP contribution in [-0.4, -0.2) is 12.1 Å². The van der Waals surface area contributed by atoms with Crippen molar-refractivity contribution in [3.8, 4) is 6.07 Å². The molecule has 0 aromatic heterocycles. The Kier molecular flexibility index (Phi) is 6.99. The minimum atomic E-state index is -0.702. The van der Waals surface area contributed by atoms with Crippen LogP contribution >= 0.6 is 0 Å². The summed E-state index contributed by atoms with van der Waals surface area (Å²) in [6.07, 6.45) is 7.43. The quantitative estimate of drug-likeness (QED) is 0.537. The van der Waals surface area contributed by atoms with E-state index in [1.807, 2.05) is 24.3 Å². The Morgan fingerprint density at radius 3 is 2.54 bits per heavy atom. The fourth-order valence-electron chi connectivity index (χ4n) is 3.13. The fourth-order valence-corrected chi connectivity index (χ4v) is 3.13. The first kappa shape index (κ1) is 18.2. The number of hydrogen-bond acceptors (Lipinski definition) is 3. The van der Waals surface area contributed by atoms with E-state index >= 15 is 0 Å². The fraction of sp³-hybridized carbons (Fsp3) is 0.500. The predicted octanol–water partition coefficient (Wildman–Crippen LogP) is 5.12. The first-order valence-corrected chi connectivity index (χ1v) is 8.68. The Morgan fingerprint density at radius 1 is 1.29 bits per heavy atom. The number of hydrogen-bond donors (Lipinski definition) is 0. The van der Waals surface area contributed by atoms with Crippen LogP contribution in [0.15, 0.2) is 36.2 Å². The van der Waals surface area contributed by atoms with Crippen molar-refractivity contribution >= 4 is 5.97 Å². The molecule has 0 radical (unpaired) electrons. The molecule has 1 aromatic rings. The molecule has 128 valence electrons. The highest BCUT2D eigenvalue weighted by molar-refractivity contribution is 5.89. The van der Waals surface area contributed by atoms with Crippen LogP contribution in [0.5, 0.6) is 0 Å². The molecule has 0 N–H and O–H groups in total. The van der Waals surface area contributed by atoms with Gasteiger partial charge in [0.15, 0.2) is 5.83 Å². The Morgan fingerprint density at radius 2 is 1.96 bits per heavy atom. The smallest absolute Gasteiger partial charge is 0.338 e. The van der Waals surface area contributed by atoms with Crippen molar-refractivity contribution in [2.45, 2.75) is 58.0 Å². The summed E-state index contributed by atoms with van der Waals surface area (Å²) in [6, 6.07) is 9.05. The topological polar surface area (TPSA) is 50.1 Å². The number of nitriles is 1. The predicted molar refractivity (Wildman–Crippen MR) is 91.0 cm³/mol. The highest BCUT2D eigenvalue weighted by atomic mass is 19.1. The number of esters is 1. The molecule has 1 aliphatic rings. The van der Waals surface area contributed by atoms with Crippen LogP contribution in [-0.2, 0) is 11.2 Å². The van der Waals surface area contributed by atoms with Gasteiger partial charge in [-0.15, -0.1) is 0 Å². The molecular formula is C20H24FNO2. The van der Waals surface area contributed by atoms with E-state index in [-0.39, 0.29) is 12.1 Å². The van der Waals surface area contributed by atoms with Crippen LogP contribution in [0.3, 0.4) is 0 Å². The van der Waals surface area contributed by atoms with E-state index in [0.29, 0.717) is 17.9 Å². The minimum Gasteiger partial charge on any atom is -0.459 e. The van der Waals surface area contributed by atoms with Crippen LogP contribution in [0.2, 0.25) is 0 Å². The summed E-state index contributed by atoms with van der Waals surface area (Å²) in [7, 11) is 0. The van der Waals surface area contributed by atoms with Crippen molar-refractivity contribution in [3.05, 3.63) is 47.3 Å². The molecule has 0 amide bonds. The second-order valence-electron chi connectivity index (χ2n) is 6.34. The molecule has 0 bridgehead atoms. The Balaban J connectivity index is 1.74. The van der Waals surface area contributed by atoms with Crippen molar-refractivity contribution in [3.63, 3.8) is 0 Å². The minimum absolute atomic E-state index is 0.0222. The second kappa shape index (κ2) is 9.22. The monoisotopic (exact) mass is 329 g/mol. The van der Waals surface area contributed by atoms with Crippen LogP contribution in [0, 0.1) is 17.2 Å². The van der Waals surface area contributed by atoms with Gasteiger partial charge in [-0.1, -0.05) is 19.1 Å². The summed E-state index contributed by atoms with van der Waals surface area (Å²) in [5.74, 6) is -0.432. The van der Waals surface area contributed by atoms with E-state index in [9.17, 15) is 9.18 Å². The van der Waals surface area contributed by atoms with Crippen LogP contribution in [0.1, 0.15) is 61.4 Å². The van der Waals surface area contributed by atoms with Crippen molar-refractivity contribution in [2.24, 2.45) is 5.92 Å². The molecule has 1 fully saturated rings. The molecule has 1 aromatic carbocycles. The third-order valence-electron chi connectivity index (χ3n) is 4.67. The number of nitrogens with zero attached hydrogens (tertiary/aromatic N) is 1. The number of allylic oxidation sites excluding steroid dienone is 2. The largest absolute Gasteiger partial charge is 0.459 e. The third-order valence-corrected chi connectivity index (χ3v) is 4.67. The van der Waals surface area contributed by atoms with Crippen LogP contribution in [0.25, 0.3) is 0 Å². The number of carbonyl (C=O) groups is 1. The number of rotatable bonds is 6. The van der Waals surface area contributed by atoms with E-state index in [2.05, 4.69) is 6.92 Å². The number of ether oxygens (including phenoxy) is 1. The molecule has 0 heterocycles. The van der Waals surface area contributed by atoms with Crippen molar-refractivity contribution in [2.75, 3.05) is 0 Å². The first-order valence-electron chi connectivity index (χ1n) is 8.68. The van der Waals surface area contributed by atoms with Crippen molar-refractivity contribution in [1.82, 2.24) is 0 Å². The molecule has 2 rings (SSSR count). The molecule has 3 nitrogen and oxygen atoms in total. The number of halogens is 1. The van der Waals surface area contributed by atoms with Gasteiger partial charge in [0.25, 0.3) is 0 Å². The standard InChI is InChI=1S/C20H24FNO2/c1-2-15-6-10-17(11-7-15)20(23)24-19-12-8-16(9-13-19)4-3-5-18(21)14-22/h5-7,10-11,16,19H,2-4,8-9,12-13H2,1H3/b18-5+. The molecule has 1 saturated carbocycles. The highest BCUT2D eigenvalue weighted by Gasteiger charge is 2.24. The van der Waals surface area contributed by atoms with Gasteiger partial charge in [-0.25, -0.2) is 4.79 Å². The third kappa shape index (κ3) is 5.49. The Bertz CT molecular complexity index is 608. The average Bonchev–Trinajstić information content (AvgIpc) is 2.63. The SMILES string of the molecule is CCc1ccc(C(=O)OC2CCC(CC/C=C(/F)C#N)CC2)cc1. The van der Waals surface area contributed by atoms with E-state index in [1.165, 1.54) is 17.7 Å². The van der Waals surface area contributed by atoms with Crippen LogP contribution in [0.4, 0.5) is 4.39 Å². The molecule has 4 heteroatoms. The average molecular weight is 329 g/mol. The molecule has 1 aliphatic carbocycles. The Hall–Kier alpha value is -2.15. The molecule has 0 saturated heterocycles. The first-order chi connectivity index (χ1) is 11.6. The zero-order valence-electron chi connectivity index (χ0n) is 14.1. The lowest BCUT2D eigenvalue weighted by Gasteiger charge is -2.28. The number of aryl methyl sites for hydroxylation is 1. The lowest BCUT2D eigenvalue weighted by atomic mass is 9.84. The Labute approximate surface area is 143 Å². The van der Waals surface area contributed by atoms with Gasteiger partial charge in [-0.05, 0) is 74.6 Å². The maximum atomic E-state index is 12.7. The zero-order chi connectivity index (χ0) is 17.4. The van der Waals surface area contributed by atoms with Crippen molar-refractivity contribution in [1.29, 1.82) is 5.26 Å². The van der Waals surface area contributed by atoms with E-state index in [0.717, 1.165) is 38.5 Å². The lowest BCUT2D eigenvalue weighted by Crippen LogP contribution is -2.24. The normalized spacial score (nSPS) is 21.1. The summed E-state index contributed by atoms with van der Waals surface area (Å²) in [6.45, 7) is 2.08. The van der Waals surface area contributed by atoms with E-state index in [4.69, 9.17) is 10.00 Å². The summed E-state index contributed by atoms with van der Waals surface area (Å²) < 4.78 is 18.3. The molecule has 0 aliphatic heterocycles. The van der Waals surface area contributed by atoms with E-state index in [1.54, 1.807) is 0 Å². The summed E-state index contributed by atoms with van der Waals surface area (Å²) in [5.41, 5.74) is 1.81. The highest BCUT2D eigenvalue weighted by Crippen LogP contribution is 2.30. The van der Waals surface area contributed by atoms with Gasteiger partial charge >= 0.3 is 5.97 Å². The maximum absolute atomic E-state index is 12.7. The summed E-state index contributed by atoms with van der Waals surface area (Å²) >= 11 is 0. The second-order valence-corrected chi connectivity index (χ2v) is 6.34. The van der Waals surface area contributed by atoms with Gasteiger partial charge in [0.05, 0.1) is 5.56 Å². The summed E-state index contributed by atoms with van der Waals surface area (Å²) in [5, 5.41) is 8.37. The maximum Gasteiger partial charge on any atom is 0.338 e. The molecule has 0 atom stereocenters. The number of carbonyl (C=O) groups excluding carboxylic acids is 1. The van der Waals surface area contributed by atoms with Gasteiger partial charge in [-0.2, -0.15) is 9.65 Å². The molecule has 0 spiro atoms. The molecule has 24 heavy (non-hydrogen) atoms. The van der Waals surface area contributed by atoms with Gasteiger partial charge in [-0.3, -0.25) is 0 Å². The zero-order valence-corrected chi connectivity index (χ0v) is 14.1. The van der Waals surface area contributed by atoms with Gasteiger partial charge < -0.3 is 4.74 Å². The molecule has 0 unspecified atom stereocenters. The van der Waals surface area contributed by atoms with Gasteiger partial charge in [0.2, 0.25) is 0 Å².